The van der Waals surface area contributed by atoms with Crippen molar-refractivity contribution in [3.8, 4) is 0 Å². The van der Waals surface area contributed by atoms with Gasteiger partial charge in [0.05, 0.1) is 5.41 Å². The van der Waals surface area contributed by atoms with Crippen LogP contribution in [-0.4, -0.2) is 38.1 Å². The Kier molecular flexibility index (Phi) is 10.5. The van der Waals surface area contributed by atoms with Gasteiger partial charge in [0.2, 0.25) is 0 Å². The Balaban J connectivity index is 0. The average molecular weight is 245 g/mol. The Morgan fingerprint density at radius 1 is 1.29 bits per heavy atom. The summed E-state index contributed by atoms with van der Waals surface area (Å²) in [5.41, 5.74) is -0.341. The van der Waals surface area contributed by atoms with Crippen molar-refractivity contribution in [1.29, 1.82) is 0 Å². The minimum absolute atomic E-state index is 0.0677. The summed E-state index contributed by atoms with van der Waals surface area (Å²) >= 11 is 0. The van der Waals surface area contributed by atoms with Crippen molar-refractivity contribution in [3.05, 3.63) is 0 Å². The van der Waals surface area contributed by atoms with E-state index < -0.39 is 0 Å². The molecule has 0 fully saturated rings. The summed E-state index contributed by atoms with van der Waals surface area (Å²) in [5, 5.41) is 0. The van der Waals surface area contributed by atoms with Gasteiger partial charge in [-0.05, 0) is 33.4 Å². The SMILES string of the molecule is CC.CCC(C)(C(=O)OCCN(C)C)C(C)C. The molecule has 0 aliphatic rings. The number of carbonyl (C=O) groups is 1. The lowest BCUT2D eigenvalue weighted by molar-refractivity contribution is -0.158. The van der Waals surface area contributed by atoms with Gasteiger partial charge in [-0.15, -0.1) is 0 Å². The number of ether oxygens (including phenoxy) is 1. The lowest BCUT2D eigenvalue weighted by atomic mass is 9.77. The molecule has 0 aromatic rings. The maximum Gasteiger partial charge on any atom is 0.312 e. The van der Waals surface area contributed by atoms with Crippen LogP contribution in [0.3, 0.4) is 0 Å². The summed E-state index contributed by atoms with van der Waals surface area (Å²) < 4.78 is 5.29. The molecule has 0 radical (unpaired) electrons. The first kappa shape index (κ1) is 18.8. The van der Waals surface area contributed by atoms with Gasteiger partial charge in [-0.2, -0.15) is 0 Å². The van der Waals surface area contributed by atoms with Crippen LogP contribution in [0, 0.1) is 11.3 Å². The minimum Gasteiger partial charge on any atom is -0.464 e. The van der Waals surface area contributed by atoms with E-state index in [2.05, 4.69) is 13.8 Å². The molecule has 3 heteroatoms. The monoisotopic (exact) mass is 245 g/mol. The first-order valence-electron chi connectivity index (χ1n) is 6.66. The molecule has 0 aliphatic carbocycles. The lowest BCUT2D eigenvalue weighted by Crippen LogP contribution is -2.35. The van der Waals surface area contributed by atoms with Crippen molar-refractivity contribution in [1.82, 2.24) is 4.90 Å². The molecule has 0 amide bonds. The van der Waals surface area contributed by atoms with Gasteiger partial charge in [-0.1, -0.05) is 34.6 Å². The molecule has 0 heterocycles. The maximum absolute atomic E-state index is 11.9. The summed E-state index contributed by atoms with van der Waals surface area (Å²) in [5.74, 6) is 0.246. The highest BCUT2D eigenvalue weighted by atomic mass is 16.5. The Bertz CT molecular complexity index is 202. The number of carbonyl (C=O) groups excluding carboxylic acids is 1. The molecule has 0 N–H and O–H groups in total. The lowest BCUT2D eigenvalue weighted by Gasteiger charge is -2.30. The highest BCUT2D eigenvalue weighted by molar-refractivity contribution is 5.76. The van der Waals surface area contributed by atoms with Gasteiger partial charge in [0, 0.05) is 6.54 Å². The third-order valence-electron chi connectivity index (χ3n) is 3.25. The van der Waals surface area contributed by atoms with E-state index in [9.17, 15) is 4.79 Å². The molecule has 0 aromatic heterocycles. The van der Waals surface area contributed by atoms with Gasteiger partial charge in [0.15, 0.2) is 0 Å². The van der Waals surface area contributed by atoms with Gasteiger partial charge in [-0.3, -0.25) is 4.79 Å². The molecule has 1 unspecified atom stereocenters. The molecular formula is C14H31NO2. The smallest absolute Gasteiger partial charge is 0.312 e. The molecule has 0 rings (SSSR count). The van der Waals surface area contributed by atoms with Crippen LogP contribution in [0.4, 0.5) is 0 Å². The van der Waals surface area contributed by atoms with E-state index in [1.165, 1.54) is 0 Å². The van der Waals surface area contributed by atoms with E-state index in [1.54, 1.807) is 0 Å². The first-order valence-corrected chi connectivity index (χ1v) is 6.66. The van der Waals surface area contributed by atoms with Crippen LogP contribution in [0.5, 0.6) is 0 Å². The van der Waals surface area contributed by atoms with Crippen LogP contribution in [0.15, 0.2) is 0 Å². The van der Waals surface area contributed by atoms with Crippen molar-refractivity contribution in [2.24, 2.45) is 11.3 Å². The van der Waals surface area contributed by atoms with Crippen LogP contribution in [0.25, 0.3) is 0 Å². The van der Waals surface area contributed by atoms with Crippen molar-refractivity contribution >= 4 is 5.97 Å². The van der Waals surface area contributed by atoms with Crippen LogP contribution in [0.2, 0.25) is 0 Å². The van der Waals surface area contributed by atoms with E-state index in [0.29, 0.717) is 12.5 Å². The number of esters is 1. The van der Waals surface area contributed by atoms with Crippen LogP contribution < -0.4 is 0 Å². The molecular weight excluding hydrogens is 214 g/mol. The predicted octanol–water partition coefficient (Wildman–Crippen LogP) is 3.19. The summed E-state index contributed by atoms with van der Waals surface area (Å²) in [6, 6.07) is 0. The maximum atomic E-state index is 11.9. The normalized spacial score (nSPS) is 14.0. The Hall–Kier alpha value is -0.570. The molecule has 0 spiro atoms. The number of rotatable bonds is 6. The molecule has 0 aromatic carbocycles. The van der Waals surface area contributed by atoms with Crippen LogP contribution >= 0.6 is 0 Å². The largest absolute Gasteiger partial charge is 0.464 e. The van der Waals surface area contributed by atoms with E-state index >= 15 is 0 Å². The summed E-state index contributed by atoms with van der Waals surface area (Å²) in [4.78, 5) is 13.9. The Morgan fingerprint density at radius 2 is 1.76 bits per heavy atom. The zero-order valence-electron chi connectivity index (χ0n) is 13.0. The van der Waals surface area contributed by atoms with E-state index in [4.69, 9.17) is 4.74 Å². The number of hydrogen-bond donors (Lipinski definition) is 0. The van der Waals surface area contributed by atoms with Gasteiger partial charge in [0.1, 0.15) is 6.61 Å². The fraction of sp³-hybridized carbons (Fsp3) is 0.929. The average Bonchev–Trinajstić information content (AvgIpc) is 2.29. The highest BCUT2D eigenvalue weighted by Crippen LogP contribution is 2.32. The van der Waals surface area contributed by atoms with Gasteiger partial charge < -0.3 is 9.64 Å². The van der Waals surface area contributed by atoms with Crippen molar-refractivity contribution in [3.63, 3.8) is 0 Å². The second-order valence-corrected chi connectivity index (χ2v) is 4.86. The molecule has 0 saturated heterocycles. The molecule has 1 atom stereocenters. The molecule has 3 nitrogen and oxygen atoms in total. The summed E-state index contributed by atoms with van der Waals surface area (Å²) in [6.07, 6.45) is 0.825. The van der Waals surface area contributed by atoms with E-state index in [1.807, 2.05) is 46.7 Å². The Labute approximate surface area is 108 Å². The summed E-state index contributed by atoms with van der Waals surface area (Å²) in [7, 11) is 3.94. The number of likely N-dealkylation sites (N-methyl/N-ethyl adjacent to an activating group) is 1. The first-order chi connectivity index (χ1) is 7.84. The highest BCUT2D eigenvalue weighted by Gasteiger charge is 2.36. The third kappa shape index (κ3) is 6.67. The van der Waals surface area contributed by atoms with Crippen molar-refractivity contribution in [2.45, 2.75) is 48.0 Å². The van der Waals surface area contributed by atoms with Crippen molar-refractivity contribution in [2.75, 3.05) is 27.2 Å². The van der Waals surface area contributed by atoms with Crippen molar-refractivity contribution < 1.29 is 9.53 Å². The minimum atomic E-state index is -0.341. The van der Waals surface area contributed by atoms with Gasteiger partial charge in [-0.25, -0.2) is 0 Å². The zero-order valence-corrected chi connectivity index (χ0v) is 13.0. The summed E-state index contributed by atoms with van der Waals surface area (Å²) in [6.45, 7) is 13.4. The molecule has 0 bridgehead atoms. The topological polar surface area (TPSA) is 29.5 Å². The molecule has 0 saturated carbocycles. The van der Waals surface area contributed by atoms with Gasteiger partial charge >= 0.3 is 5.97 Å². The number of hydrogen-bond acceptors (Lipinski definition) is 3. The zero-order chi connectivity index (χ0) is 14.1. The molecule has 17 heavy (non-hydrogen) atoms. The van der Waals surface area contributed by atoms with Gasteiger partial charge in [0.25, 0.3) is 0 Å². The fourth-order valence-corrected chi connectivity index (χ4v) is 1.27. The molecule has 104 valence electrons. The van der Waals surface area contributed by atoms with Crippen LogP contribution in [0.1, 0.15) is 48.0 Å². The second kappa shape index (κ2) is 9.46. The molecule has 0 aliphatic heterocycles. The third-order valence-corrected chi connectivity index (χ3v) is 3.25. The fourth-order valence-electron chi connectivity index (χ4n) is 1.27. The predicted molar refractivity (Wildman–Crippen MR) is 74.1 cm³/mol. The number of nitrogens with zero attached hydrogens (tertiary/aromatic N) is 1. The Morgan fingerprint density at radius 3 is 2.06 bits per heavy atom. The van der Waals surface area contributed by atoms with Crippen LogP contribution in [-0.2, 0) is 9.53 Å². The van der Waals surface area contributed by atoms with E-state index in [0.717, 1.165) is 13.0 Å². The van der Waals surface area contributed by atoms with E-state index in [-0.39, 0.29) is 11.4 Å². The standard InChI is InChI=1S/C12H25NO2.C2H6/c1-7-12(4,10(2)3)11(14)15-9-8-13(5)6;1-2/h10H,7-9H2,1-6H3;1-2H3. The quantitative estimate of drug-likeness (QED) is 0.673. The second-order valence-electron chi connectivity index (χ2n) is 4.86.